The van der Waals surface area contributed by atoms with Crippen LogP contribution in [0.15, 0.2) is 46.2 Å². The highest BCUT2D eigenvalue weighted by molar-refractivity contribution is 7.12. The zero-order chi connectivity index (χ0) is 13.4. The van der Waals surface area contributed by atoms with E-state index in [2.05, 4.69) is 0 Å². The predicted octanol–water partition coefficient (Wildman–Crippen LogP) is 3.42. The van der Waals surface area contributed by atoms with Crippen LogP contribution in [0.25, 0.3) is 11.0 Å². The Morgan fingerprint density at radius 3 is 2.58 bits per heavy atom. The van der Waals surface area contributed by atoms with Gasteiger partial charge in [-0.15, -0.1) is 11.3 Å². The summed E-state index contributed by atoms with van der Waals surface area (Å²) in [5, 5.41) is 11.5. The van der Waals surface area contributed by atoms with Gasteiger partial charge >= 0.3 is 5.97 Å². The number of rotatable bonds is 3. The van der Waals surface area contributed by atoms with E-state index in [0.717, 1.165) is 0 Å². The Balaban J connectivity index is 2.29. The fourth-order valence-electron chi connectivity index (χ4n) is 1.95. The number of hydrogen-bond donors (Lipinski definition) is 1. The molecule has 3 aromatic rings. The van der Waals surface area contributed by atoms with Crippen molar-refractivity contribution in [1.29, 1.82) is 0 Å². The molecule has 0 aliphatic carbocycles. The monoisotopic (exact) mass is 272 g/mol. The molecule has 0 saturated heterocycles. The molecule has 2 heterocycles. The van der Waals surface area contributed by atoms with E-state index in [9.17, 15) is 14.7 Å². The van der Waals surface area contributed by atoms with E-state index in [1.165, 1.54) is 11.3 Å². The first-order chi connectivity index (χ1) is 9.18. The van der Waals surface area contributed by atoms with Crippen molar-refractivity contribution >= 4 is 34.1 Å². The fourth-order valence-corrected chi connectivity index (χ4v) is 2.62. The Hall–Kier alpha value is -2.40. The van der Waals surface area contributed by atoms with Gasteiger partial charge < -0.3 is 9.52 Å². The van der Waals surface area contributed by atoms with E-state index in [4.69, 9.17) is 4.42 Å². The molecule has 1 aromatic carbocycles. The van der Waals surface area contributed by atoms with Crippen LogP contribution in [0.4, 0.5) is 0 Å². The molecule has 0 amide bonds. The van der Waals surface area contributed by atoms with Gasteiger partial charge in [-0.05, 0) is 17.5 Å². The van der Waals surface area contributed by atoms with Crippen molar-refractivity contribution in [3.63, 3.8) is 0 Å². The lowest BCUT2D eigenvalue weighted by molar-refractivity contribution is 0.0660. The van der Waals surface area contributed by atoms with Gasteiger partial charge in [-0.3, -0.25) is 4.79 Å². The Kier molecular flexibility index (Phi) is 2.68. The van der Waals surface area contributed by atoms with Crippen molar-refractivity contribution in [2.45, 2.75) is 0 Å². The molecule has 94 valence electrons. The first-order valence-electron chi connectivity index (χ1n) is 5.51. The minimum absolute atomic E-state index is 0.116. The average molecular weight is 272 g/mol. The van der Waals surface area contributed by atoms with E-state index in [1.807, 2.05) is 0 Å². The van der Waals surface area contributed by atoms with Crippen molar-refractivity contribution in [3.8, 4) is 0 Å². The highest BCUT2D eigenvalue weighted by Gasteiger charge is 2.26. The van der Waals surface area contributed by atoms with E-state index in [-0.39, 0.29) is 17.1 Å². The van der Waals surface area contributed by atoms with Crippen molar-refractivity contribution < 1.29 is 19.1 Å². The van der Waals surface area contributed by atoms with Gasteiger partial charge in [0.2, 0.25) is 11.5 Å². The molecule has 0 aliphatic heterocycles. The molecule has 3 rings (SSSR count). The van der Waals surface area contributed by atoms with Crippen LogP contribution in [0.1, 0.15) is 25.8 Å². The van der Waals surface area contributed by atoms with Gasteiger partial charge in [-0.2, -0.15) is 0 Å². The smallest absolute Gasteiger partial charge is 0.372 e. The maximum atomic E-state index is 12.4. The largest absolute Gasteiger partial charge is 0.475 e. The molecule has 0 fully saturated rings. The summed E-state index contributed by atoms with van der Waals surface area (Å²) in [6.07, 6.45) is 0. The third-order valence-corrected chi connectivity index (χ3v) is 3.63. The first-order valence-corrected chi connectivity index (χ1v) is 6.39. The maximum Gasteiger partial charge on any atom is 0.372 e. The van der Waals surface area contributed by atoms with Crippen LogP contribution >= 0.6 is 11.3 Å². The van der Waals surface area contributed by atoms with Crippen LogP contribution in [0.3, 0.4) is 0 Å². The van der Waals surface area contributed by atoms with Crippen LogP contribution in [-0.4, -0.2) is 16.9 Å². The summed E-state index contributed by atoms with van der Waals surface area (Å²) in [6.45, 7) is 0. The van der Waals surface area contributed by atoms with Gasteiger partial charge in [0, 0.05) is 5.39 Å². The maximum absolute atomic E-state index is 12.4. The summed E-state index contributed by atoms with van der Waals surface area (Å²) in [6, 6.07) is 10.2. The second-order valence-corrected chi connectivity index (χ2v) is 4.86. The number of hydrogen-bond acceptors (Lipinski definition) is 4. The normalized spacial score (nSPS) is 10.7. The lowest BCUT2D eigenvalue weighted by Gasteiger charge is -1.96. The second kappa shape index (κ2) is 4.37. The number of thiophene rings is 1. The number of carbonyl (C=O) groups is 2. The third-order valence-electron chi connectivity index (χ3n) is 2.76. The molecule has 0 bridgehead atoms. The average Bonchev–Trinajstić information content (AvgIpc) is 3.05. The number of carboxylic acid groups (broad SMARTS) is 1. The van der Waals surface area contributed by atoms with E-state index < -0.39 is 5.97 Å². The highest BCUT2D eigenvalue weighted by atomic mass is 32.1. The van der Waals surface area contributed by atoms with Gasteiger partial charge in [0.05, 0.1) is 10.4 Å². The van der Waals surface area contributed by atoms with Crippen LogP contribution in [0, 0.1) is 0 Å². The highest BCUT2D eigenvalue weighted by Crippen LogP contribution is 2.29. The van der Waals surface area contributed by atoms with Gasteiger partial charge in [0.1, 0.15) is 5.58 Å². The van der Waals surface area contributed by atoms with Crippen molar-refractivity contribution in [3.05, 3.63) is 58.0 Å². The molecule has 5 heteroatoms. The van der Waals surface area contributed by atoms with Crippen molar-refractivity contribution in [2.24, 2.45) is 0 Å². The van der Waals surface area contributed by atoms with Crippen LogP contribution in [-0.2, 0) is 0 Å². The fraction of sp³-hybridized carbons (Fsp3) is 0. The summed E-state index contributed by atoms with van der Waals surface area (Å²) in [7, 11) is 0. The molecule has 0 radical (unpaired) electrons. The van der Waals surface area contributed by atoms with E-state index >= 15 is 0 Å². The van der Waals surface area contributed by atoms with Crippen molar-refractivity contribution in [1.82, 2.24) is 0 Å². The van der Waals surface area contributed by atoms with Crippen molar-refractivity contribution in [2.75, 3.05) is 0 Å². The second-order valence-electron chi connectivity index (χ2n) is 3.91. The molecule has 4 nitrogen and oxygen atoms in total. The number of carbonyl (C=O) groups excluding carboxylic acids is 1. The standard InChI is InChI=1S/C14H8O4S/c15-12(10-6-3-7-19-10)11-8-4-1-2-5-9(8)18-13(11)14(16)17/h1-7H,(H,16,17). The number of carboxylic acids is 1. The zero-order valence-electron chi connectivity index (χ0n) is 9.62. The SMILES string of the molecule is O=C(O)c1oc2ccccc2c1C(=O)c1cccs1. The lowest BCUT2D eigenvalue weighted by Crippen LogP contribution is -2.06. The number of fused-ring (bicyclic) bond motifs is 1. The third kappa shape index (κ3) is 1.84. The van der Waals surface area contributed by atoms with E-state index in [1.54, 1.807) is 41.8 Å². The lowest BCUT2D eigenvalue weighted by atomic mass is 10.1. The Bertz CT molecular complexity index is 768. The molecule has 2 aromatic heterocycles. The molecule has 0 aliphatic rings. The zero-order valence-corrected chi connectivity index (χ0v) is 10.4. The molecule has 0 saturated carbocycles. The molecular formula is C14H8O4S. The Morgan fingerprint density at radius 1 is 1.11 bits per heavy atom. The molecule has 1 N–H and O–H groups in total. The van der Waals surface area contributed by atoms with Crippen LogP contribution < -0.4 is 0 Å². The molecule has 0 unspecified atom stereocenters. The number of para-hydroxylation sites is 1. The van der Waals surface area contributed by atoms with Gasteiger partial charge in [-0.1, -0.05) is 24.3 Å². The molecule has 0 spiro atoms. The Labute approximate surface area is 111 Å². The van der Waals surface area contributed by atoms with Gasteiger partial charge in [-0.25, -0.2) is 4.79 Å². The summed E-state index contributed by atoms with van der Waals surface area (Å²) in [4.78, 5) is 24.1. The summed E-state index contributed by atoms with van der Waals surface area (Å²) in [5.74, 6) is -1.87. The molecule has 19 heavy (non-hydrogen) atoms. The topological polar surface area (TPSA) is 67.5 Å². The number of aromatic carboxylic acids is 1. The predicted molar refractivity (Wildman–Crippen MR) is 70.9 cm³/mol. The van der Waals surface area contributed by atoms with Gasteiger partial charge in [0.15, 0.2) is 0 Å². The van der Waals surface area contributed by atoms with E-state index in [0.29, 0.717) is 15.8 Å². The van der Waals surface area contributed by atoms with Crippen LogP contribution in [0.2, 0.25) is 0 Å². The summed E-state index contributed by atoms with van der Waals surface area (Å²) < 4.78 is 5.26. The molecule has 0 atom stereocenters. The summed E-state index contributed by atoms with van der Waals surface area (Å²) >= 11 is 1.27. The number of furan rings is 1. The van der Waals surface area contributed by atoms with Gasteiger partial charge in [0.25, 0.3) is 0 Å². The number of ketones is 1. The minimum Gasteiger partial charge on any atom is -0.475 e. The van der Waals surface area contributed by atoms with Crippen LogP contribution in [0.5, 0.6) is 0 Å². The quantitative estimate of drug-likeness (QED) is 0.742. The first kappa shape index (κ1) is 11.7. The summed E-state index contributed by atoms with van der Waals surface area (Å²) in [5.41, 5.74) is 0.519. The number of benzene rings is 1. The molecular weight excluding hydrogens is 264 g/mol. The minimum atomic E-state index is -1.24. The Morgan fingerprint density at radius 2 is 1.89 bits per heavy atom.